The fourth-order valence-electron chi connectivity index (χ4n) is 2.72. The monoisotopic (exact) mass is 346 g/mol. The molecule has 0 fully saturated rings. The molecule has 0 aliphatic heterocycles. The molecular weight excluding hydrogens is 324 g/mol. The molecule has 5 nitrogen and oxygen atoms in total. The third-order valence-corrected chi connectivity index (χ3v) is 4.07. The maximum Gasteiger partial charge on any atom is 0.271 e. The van der Waals surface area contributed by atoms with Crippen LogP contribution in [0, 0.1) is 6.92 Å². The highest BCUT2D eigenvalue weighted by Gasteiger charge is 2.12. The zero-order valence-corrected chi connectivity index (χ0v) is 15.0. The van der Waals surface area contributed by atoms with E-state index in [0.717, 1.165) is 23.6 Å². The van der Waals surface area contributed by atoms with Gasteiger partial charge in [-0.3, -0.25) is 4.79 Å². The van der Waals surface area contributed by atoms with Gasteiger partial charge in [0.05, 0.1) is 12.4 Å². The second-order valence-corrected chi connectivity index (χ2v) is 6.01. The van der Waals surface area contributed by atoms with Gasteiger partial charge in [-0.2, -0.15) is 0 Å². The van der Waals surface area contributed by atoms with Gasteiger partial charge in [-0.25, -0.2) is 9.97 Å². The summed E-state index contributed by atoms with van der Waals surface area (Å²) in [4.78, 5) is 23.0. The number of hydrogen-bond donors (Lipinski definition) is 1. The summed E-state index contributed by atoms with van der Waals surface area (Å²) in [6.07, 6.45) is 3.16. The Morgan fingerprint density at radius 3 is 2.50 bits per heavy atom. The van der Waals surface area contributed by atoms with Gasteiger partial charge in [-0.1, -0.05) is 42.5 Å². The topological polar surface area (TPSA) is 58.1 Å². The molecular formula is C21H22N4O. The van der Waals surface area contributed by atoms with Gasteiger partial charge in [0, 0.05) is 18.8 Å². The van der Waals surface area contributed by atoms with Crippen molar-refractivity contribution in [2.24, 2.45) is 0 Å². The smallest absolute Gasteiger partial charge is 0.271 e. The molecule has 2 aromatic carbocycles. The maximum absolute atomic E-state index is 12.3. The lowest BCUT2D eigenvalue weighted by molar-refractivity contribution is 0.0945. The Labute approximate surface area is 153 Å². The minimum absolute atomic E-state index is 0.230. The first-order valence-electron chi connectivity index (χ1n) is 8.65. The Hall–Kier alpha value is -3.21. The van der Waals surface area contributed by atoms with E-state index in [0.29, 0.717) is 12.2 Å². The zero-order chi connectivity index (χ0) is 18.4. The first-order chi connectivity index (χ1) is 12.7. The number of benzene rings is 2. The van der Waals surface area contributed by atoms with Gasteiger partial charge in [-0.05, 0) is 37.1 Å². The average molecular weight is 346 g/mol. The summed E-state index contributed by atoms with van der Waals surface area (Å²) in [5.74, 6) is 0.490. The molecule has 1 aromatic heterocycles. The molecule has 0 aliphatic carbocycles. The van der Waals surface area contributed by atoms with Gasteiger partial charge >= 0.3 is 0 Å². The van der Waals surface area contributed by atoms with E-state index in [1.165, 1.54) is 11.8 Å². The Balaban J connectivity index is 1.70. The number of nitrogens with one attached hydrogen (secondary N) is 1. The van der Waals surface area contributed by atoms with Gasteiger partial charge in [0.2, 0.25) is 0 Å². The molecule has 5 heteroatoms. The quantitative estimate of drug-likeness (QED) is 0.736. The third-order valence-electron chi connectivity index (χ3n) is 4.07. The van der Waals surface area contributed by atoms with E-state index in [9.17, 15) is 4.79 Å². The second kappa shape index (κ2) is 8.25. The van der Waals surface area contributed by atoms with Gasteiger partial charge in [0.15, 0.2) is 5.82 Å². The maximum atomic E-state index is 12.3. The lowest BCUT2D eigenvalue weighted by Crippen LogP contribution is -2.24. The van der Waals surface area contributed by atoms with Crippen LogP contribution in [0.15, 0.2) is 67.0 Å². The van der Waals surface area contributed by atoms with Crippen molar-refractivity contribution in [3.05, 3.63) is 83.8 Å². The highest BCUT2D eigenvalue weighted by molar-refractivity contribution is 5.92. The molecule has 0 atom stereocenters. The number of anilines is 2. The third kappa shape index (κ3) is 4.25. The number of carbonyl (C=O) groups is 1. The minimum atomic E-state index is -0.230. The summed E-state index contributed by atoms with van der Waals surface area (Å²) in [6.45, 7) is 5.35. The molecule has 26 heavy (non-hydrogen) atoms. The molecule has 0 radical (unpaired) electrons. The highest BCUT2D eigenvalue weighted by atomic mass is 16.1. The molecule has 0 saturated heterocycles. The van der Waals surface area contributed by atoms with Crippen LogP contribution in [0.1, 0.15) is 28.5 Å². The van der Waals surface area contributed by atoms with Gasteiger partial charge in [0.25, 0.3) is 5.91 Å². The van der Waals surface area contributed by atoms with Crippen molar-refractivity contribution in [3.8, 4) is 0 Å². The van der Waals surface area contributed by atoms with E-state index in [1.807, 2.05) is 42.5 Å². The predicted octanol–water partition coefficient (Wildman–Crippen LogP) is 3.87. The van der Waals surface area contributed by atoms with Crippen molar-refractivity contribution in [1.82, 2.24) is 15.3 Å². The number of aromatic nitrogens is 2. The molecule has 0 spiro atoms. The first kappa shape index (κ1) is 17.6. The molecule has 132 valence electrons. The number of aryl methyl sites for hydroxylation is 1. The van der Waals surface area contributed by atoms with Crippen LogP contribution in [0.3, 0.4) is 0 Å². The van der Waals surface area contributed by atoms with E-state index in [1.54, 1.807) is 6.20 Å². The SMILES string of the molecule is CCN(c1cccc(C)c1)c1cnc(C(=O)NCc2ccccc2)cn1. The van der Waals surface area contributed by atoms with E-state index >= 15 is 0 Å². The molecule has 3 rings (SSSR count). The van der Waals surface area contributed by atoms with Crippen LogP contribution in [-0.2, 0) is 6.54 Å². The minimum Gasteiger partial charge on any atom is -0.347 e. The Morgan fingerprint density at radius 1 is 1.04 bits per heavy atom. The van der Waals surface area contributed by atoms with Crippen LogP contribution >= 0.6 is 0 Å². The standard InChI is InChI=1S/C21H22N4O/c1-3-25(18-11-7-8-16(2)12-18)20-15-22-19(14-23-20)21(26)24-13-17-9-5-4-6-10-17/h4-12,14-15H,3,13H2,1-2H3,(H,24,26). The van der Waals surface area contributed by atoms with E-state index in [4.69, 9.17) is 0 Å². The van der Waals surface area contributed by atoms with Crippen LogP contribution in [0.4, 0.5) is 11.5 Å². The summed E-state index contributed by atoms with van der Waals surface area (Å²) in [5.41, 5.74) is 3.60. The lowest BCUT2D eigenvalue weighted by atomic mass is 10.2. The molecule has 0 aliphatic rings. The average Bonchev–Trinajstić information content (AvgIpc) is 2.68. The highest BCUT2D eigenvalue weighted by Crippen LogP contribution is 2.23. The number of hydrogen-bond acceptors (Lipinski definition) is 4. The van der Waals surface area contributed by atoms with Crippen LogP contribution < -0.4 is 10.2 Å². The molecule has 0 bridgehead atoms. The number of nitrogens with zero attached hydrogens (tertiary/aromatic N) is 3. The number of carbonyl (C=O) groups excluding carboxylic acids is 1. The molecule has 0 unspecified atom stereocenters. The van der Waals surface area contributed by atoms with E-state index in [2.05, 4.69) is 46.2 Å². The molecule has 0 saturated carbocycles. The fourth-order valence-corrected chi connectivity index (χ4v) is 2.72. The summed E-state index contributed by atoms with van der Waals surface area (Å²) in [6, 6.07) is 18.0. The lowest BCUT2D eigenvalue weighted by Gasteiger charge is -2.22. The van der Waals surface area contributed by atoms with E-state index < -0.39 is 0 Å². The van der Waals surface area contributed by atoms with Crippen LogP contribution in [0.25, 0.3) is 0 Å². The Morgan fingerprint density at radius 2 is 1.85 bits per heavy atom. The first-order valence-corrected chi connectivity index (χ1v) is 8.65. The van der Waals surface area contributed by atoms with Crippen LogP contribution in [-0.4, -0.2) is 22.4 Å². The largest absolute Gasteiger partial charge is 0.347 e. The summed E-state index contributed by atoms with van der Waals surface area (Å²) in [5, 5.41) is 2.86. The molecule has 3 aromatic rings. The van der Waals surface area contributed by atoms with Crippen LogP contribution in [0.5, 0.6) is 0 Å². The summed E-state index contributed by atoms with van der Waals surface area (Å²) in [7, 11) is 0. The fraction of sp³-hybridized carbons (Fsp3) is 0.190. The van der Waals surface area contributed by atoms with Crippen LogP contribution in [0.2, 0.25) is 0 Å². The Kier molecular flexibility index (Phi) is 5.59. The number of amides is 1. The number of rotatable bonds is 6. The van der Waals surface area contributed by atoms with Crippen molar-refractivity contribution in [2.75, 3.05) is 11.4 Å². The second-order valence-electron chi connectivity index (χ2n) is 6.01. The zero-order valence-electron chi connectivity index (χ0n) is 15.0. The van der Waals surface area contributed by atoms with Gasteiger partial charge < -0.3 is 10.2 Å². The van der Waals surface area contributed by atoms with Crippen molar-refractivity contribution < 1.29 is 4.79 Å². The van der Waals surface area contributed by atoms with Crippen molar-refractivity contribution >= 4 is 17.4 Å². The van der Waals surface area contributed by atoms with Crippen molar-refractivity contribution in [1.29, 1.82) is 0 Å². The van der Waals surface area contributed by atoms with Crippen molar-refractivity contribution in [3.63, 3.8) is 0 Å². The van der Waals surface area contributed by atoms with Gasteiger partial charge in [0.1, 0.15) is 5.69 Å². The molecule has 1 heterocycles. The van der Waals surface area contributed by atoms with E-state index in [-0.39, 0.29) is 5.91 Å². The van der Waals surface area contributed by atoms with Gasteiger partial charge in [-0.15, -0.1) is 0 Å². The normalized spacial score (nSPS) is 10.4. The predicted molar refractivity (Wildman–Crippen MR) is 104 cm³/mol. The molecule has 1 amide bonds. The summed E-state index contributed by atoms with van der Waals surface area (Å²) >= 11 is 0. The van der Waals surface area contributed by atoms with Crippen molar-refractivity contribution in [2.45, 2.75) is 20.4 Å². The summed E-state index contributed by atoms with van der Waals surface area (Å²) < 4.78 is 0. The Bertz CT molecular complexity index is 863. The molecule has 1 N–H and O–H groups in total.